The first-order valence-corrected chi connectivity index (χ1v) is 9.65. The third kappa shape index (κ3) is 4.46. The van der Waals surface area contributed by atoms with E-state index in [4.69, 9.17) is 5.41 Å². The molecule has 0 radical (unpaired) electrons. The number of hydrogen-bond acceptors (Lipinski definition) is 3. The number of allylic oxidation sites excluding steroid dienone is 2. The Morgan fingerprint density at radius 1 is 1.14 bits per heavy atom. The molecule has 4 heteroatoms. The molecule has 144 valence electrons. The fraction of sp³-hybridized carbons (Fsp3) is 0.250. The Morgan fingerprint density at radius 3 is 2.50 bits per heavy atom. The lowest BCUT2D eigenvalue weighted by Gasteiger charge is -2.32. The molecular weight excluding hydrogens is 346 g/mol. The van der Waals surface area contributed by atoms with Gasteiger partial charge < -0.3 is 10.7 Å². The Bertz CT molecular complexity index is 921. The van der Waals surface area contributed by atoms with Gasteiger partial charge in [0.2, 0.25) is 0 Å². The van der Waals surface area contributed by atoms with Crippen LogP contribution in [0, 0.1) is 5.41 Å². The SMILES string of the molecule is C=C/C=C(\C=C)CN1CCC(NC(=O)c2ccc(C=N)c3ccccc23)CC1. The second kappa shape index (κ2) is 9.29. The molecule has 0 unspecified atom stereocenters. The summed E-state index contributed by atoms with van der Waals surface area (Å²) in [6.07, 6.45) is 8.85. The van der Waals surface area contributed by atoms with Gasteiger partial charge in [-0.15, -0.1) is 0 Å². The minimum Gasteiger partial charge on any atom is -0.349 e. The summed E-state index contributed by atoms with van der Waals surface area (Å²) in [6, 6.07) is 11.6. The van der Waals surface area contributed by atoms with Gasteiger partial charge in [-0.25, -0.2) is 0 Å². The summed E-state index contributed by atoms with van der Waals surface area (Å²) in [4.78, 5) is 15.3. The Balaban J connectivity index is 1.65. The molecule has 2 aromatic carbocycles. The van der Waals surface area contributed by atoms with Crippen LogP contribution in [0.1, 0.15) is 28.8 Å². The van der Waals surface area contributed by atoms with Crippen LogP contribution in [-0.2, 0) is 0 Å². The first-order valence-electron chi connectivity index (χ1n) is 9.65. The van der Waals surface area contributed by atoms with Gasteiger partial charge in [0.05, 0.1) is 0 Å². The molecule has 1 aliphatic heterocycles. The normalized spacial score (nSPS) is 15.9. The molecule has 0 atom stereocenters. The van der Waals surface area contributed by atoms with Crippen molar-refractivity contribution < 1.29 is 4.79 Å². The van der Waals surface area contributed by atoms with Crippen LogP contribution in [0.3, 0.4) is 0 Å². The number of hydrogen-bond donors (Lipinski definition) is 2. The molecule has 0 saturated carbocycles. The minimum atomic E-state index is -0.0375. The van der Waals surface area contributed by atoms with Gasteiger partial charge in [0.1, 0.15) is 0 Å². The van der Waals surface area contributed by atoms with Crippen molar-refractivity contribution in [3.63, 3.8) is 0 Å². The van der Waals surface area contributed by atoms with Crippen molar-refractivity contribution in [1.29, 1.82) is 5.41 Å². The molecule has 4 nitrogen and oxygen atoms in total. The number of amides is 1. The van der Waals surface area contributed by atoms with Crippen LogP contribution in [0.2, 0.25) is 0 Å². The van der Waals surface area contributed by atoms with Crippen molar-refractivity contribution in [1.82, 2.24) is 10.2 Å². The number of carbonyl (C=O) groups excluding carboxylic acids is 1. The van der Waals surface area contributed by atoms with Gasteiger partial charge in [0.15, 0.2) is 0 Å². The highest BCUT2D eigenvalue weighted by Crippen LogP contribution is 2.22. The maximum atomic E-state index is 12.9. The standard InChI is InChI=1S/C24H27N3O/c1-3-7-18(4-2)17-27-14-12-20(13-15-27)26-24(28)23-11-10-19(16-25)21-8-5-6-9-22(21)23/h3-11,16,20,25H,1-2,12-15,17H2,(H,26,28)/b18-7+,25-16?. The summed E-state index contributed by atoms with van der Waals surface area (Å²) in [5.74, 6) is -0.0375. The van der Waals surface area contributed by atoms with Crippen LogP contribution >= 0.6 is 0 Å². The molecule has 28 heavy (non-hydrogen) atoms. The third-order valence-electron chi connectivity index (χ3n) is 5.28. The first-order chi connectivity index (χ1) is 13.7. The highest BCUT2D eigenvalue weighted by atomic mass is 16.1. The average molecular weight is 374 g/mol. The number of nitrogens with zero attached hydrogens (tertiary/aromatic N) is 1. The molecule has 1 heterocycles. The summed E-state index contributed by atoms with van der Waals surface area (Å²) in [6.45, 7) is 10.4. The third-order valence-corrected chi connectivity index (χ3v) is 5.28. The molecule has 0 bridgehead atoms. The van der Waals surface area contributed by atoms with Gasteiger partial charge in [-0.2, -0.15) is 0 Å². The fourth-order valence-electron chi connectivity index (χ4n) is 3.74. The van der Waals surface area contributed by atoms with Crippen LogP contribution in [0.25, 0.3) is 10.8 Å². The highest BCUT2D eigenvalue weighted by Gasteiger charge is 2.22. The van der Waals surface area contributed by atoms with Crippen LogP contribution in [0.15, 0.2) is 73.4 Å². The van der Waals surface area contributed by atoms with Gasteiger partial charge in [-0.3, -0.25) is 9.69 Å². The van der Waals surface area contributed by atoms with Crippen LogP contribution in [0.5, 0.6) is 0 Å². The molecule has 1 amide bonds. The minimum absolute atomic E-state index is 0.0375. The van der Waals surface area contributed by atoms with Gasteiger partial charge >= 0.3 is 0 Å². The van der Waals surface area contributed by atoms with E-state index in [9.17, 15) is 4.79 Å². The number of benzene rings is 2. The zero-order chi connectivity index (χ0) is 19.9. The zero-order valence-electron chi connectivity index (χ0n) is 16.2. The maximum absolute atomic E-state index is 12.9. The average Bonchev–Trinajstić information content (AvgIpc) is 2.73. The van der Waals surface area contributed by atoms with E-state index in [2.05, 4.69) is 23.4 Å². The summed E-state index contributed by atoms with van der Waals surface area (Å²) < 4.78 is 0. The van der Waals surface area contributed by atoms with E-state index in [0.29, 0.717) is 5.56 Å². The van der Waals surface area contributed by atoms with Crippen molar-refractivity contribution in [2.24, 2.45) is 0 Å². The predicted molar refractivity (Wildman–Crippen MR) is 117 cm³/mol. The van der Waals surface area contributed by atoms with Gasteiger partial charge in [0, 0.05) is 37.5 Å². The van der Waals surface area contributed by atoms with E-state index < -0.39 is 0 Å². The van der Waals surface area contributed by atoms with Crippen molar-refractivity contribution in [3.8, 4) is 0 Å². The van der Waals surface area contributed by atoms with Crippen LogP contribution in [0.4, 0.5) is 0 Å². The predicted octanol–water partition coefficient (Wildman–Crippen LogP) is 4.33. The van der Waals surface area contributed by atoms with Gasteiger partial charge in [-0.1, -0.05) is 61.7 Å². The van der Waals surface area contributed by atoms with Crippen LogP contribution < -0.4 is 5.32 Å². The molecule has 2 aromatic rings. The van der Waals surface area contributed by atoms with Crippen molar-refractivity contribution in [2.75, 3.05) is 19.6 Å². The molecule has 2 N–H and O–H groups in total. The second-order valence-corrected chi connectivity index (χ2v) is 7.10. The molecule has 1 fully saturated rings. The molecule has 1 aliphatic rings. The molecule has 0 aliphatic carbocycles. The number of likely N-dealkylation sites (tertiary alicyclic amines) is 1. The van der Waals surface area contributed by atoms with Gasteiger partial charge in [0.25, 0.3) is 5.91 Å². The van der Waals surface area contributed by atoms with Crippen molar-refractivity contribution >= 4 is 22.9 Å². The lowest BCUT2D eigenvalue weighted by atomic mass is 9.98. The summed E-state index contributed by atoms with van der Waals surface area (Å²) in [7, 11) is 0. The molecule has 3 rings (SSSR count). The maximum Gasteiger partial charge on any atom is 0.252 e. The molecule has 0 aromatic heterocycles. The number of carbonyl (C=O) groups is 1. The second-order valence-electron chi connectivity index (χ2n) is 7.10. The van der Waals surface area contributed by atoms with E-state index >= 15 is 0 Å². The van der Waals surface area contributed by atoms with Crippen LogP contribution in [-0.4, -0.2) is 42.7 Å². The van der Waals surface area contributed by atoms with E-state index in [1.165, 1.54) is 6.21 Å². The molecular formula is C24H27N3O. The van der Waals surface area contributed by atoms with Gasteiger partial charge in [-0.05, 0) is 40.8 Å². The highest BCUT2D eigenvalue weighted by molar-refractivity contribution is 6.11. The summed E-state index contributed by atoms with van der Waals surface area (Å²) in [5, 5.41) is 12.6. The lowest BCUT2D eigenvalue weighted by Crippen LogP contribution is -2.45. The Labute approximate surface area is 166 Å². The van der Waals surface area contributed by atoms with E-state index in [-0.39, 0.29) is 11.9 Å². The Hall–Kier alpha value is -2.98. The first kappa shape index (κ1) is 19.8. The quantitative estimate of drug-likeness (QED) is 0.561. The molecule has 0 spiro atoms. The lowest BCUT2D eigenvalue weighted by molar-refractivity contribution is 0.0915. The number of nitrogens with one attached hydrogen (secondary N) is 2. The Kier molecular flexibility index (Phi) is 6.56. The summed E-state index contributed by atoms with van der Waals surface area (Å²) >= 11 is 0. The van der Waals surface area contributed by atoms with Crippen molar-refractivity contribution in [2.45, 2.75) is 18.9 Å². The fourth-order valence-corrected chi connectivity index (χ4v) is 3.74. The van der Waals surface area contributed by atoms with E-state index in [0.717, 1.165) is 54.4 Å². The topological polar surface area (TPSA) is 56.2 Å². The van der Waals surface area contributed by atoms with E-state index in [1.54, 1.807) is 6.08 Å². The monoisotopic (exact) mass is 373 g/mol. The number of fused-ring (bicyclic) bond motifs is 1. The largest absolute Gasteiger partial charge is 0.349 e. The number of rotatable bonds is 7. The van der Waals surface area contributed by atoms with Crippen molar-refractivity contribution in [3.05, 3.63) is 84.5 Å². The smallest absolute Gasteiger partial charge is 0.252 e. The Morgan fingerprint density at radius 2 is 1.86 bits per heavy atom. The summed E-state index contributed by atoms with van der Waals surface area (Å²) in [5.41, 5.74) is 2.66. The van der Waals surface area contributed by atoms with E-state index in [1.807, 2.05) is 48.6 Å². The zero-order valence-corrected chi connectivity index (χ0v) is 16.2. The molecule has 1 saturated heterocycles. The number of piperidine rings is 1.